The molecule has 0 aromatic heterocycles. The Morgan fingerprint density at radius 2 is 2.00 bits per heavy atom. The van der Waals surface area contributed by atoms with E-state index in [-0.39, 0.29) is 23.8 Å². The lowest BCUT2D eigenvalue weighted by atomic mass is 10.00. The highest BCUT2D eigenvalue weighted by Gasteiger charge is 2.20. The normalized spacial score (nSPS) is 15.2. The largest absolute Gasteiger partial charge is 0.393 e. The molecule has 0 spiro atoms. The van der Waals surface area contributed by atoms with Gasteiger partial charge in [0.15, 0.2) is 0 Å². The predicted octanol–water partition coefficient (Wildman–Crippen LogP) is 1.26. The molecule has 0 heterocycles. The van der Waals surface area contributed by atoms with Crippen molar-refractivity contribution in [2.75, 3.05) is 13.7 Å². The van der Waals surface area contributed by atoms with E-state index in [9.17, 15) is 4.79 Å². The maximum atomic E-state index is 11.5. The van der Waals surface area contributed by atoms with Gasteiger partial charge in [0.2, 0.25) is 0 Å². The molecule has 0 aromatic rings. The van der Waals surface area contributed by atoms with E-state index in [1.54, 1.807) is 14.0 Å². The second-order valence-electron chi connectivity index (χ2n) is 5.11. The van der Waals surface area contributed by atoms with Crippen LogP contribution in [0, 0.1) is 0 Å². The van der Waals surface area contributed by atoms with Crippen LogP contribution in [0.1, 0.15) is 40.5 Å². The van der Waals surface area contributed by atoms with Gasteiger partial charge in [0.25, 0.3) is 0 Å². The number of aliphatic hydroxyl groups is 1. The zero-order chi connectivity index (χ0) is 13.5. The summed E-state index contributed by atoms with van der Waals surface area (Å²) < 4.78 is 5.30. The number of carbonyl (C=O) groups is 1. The van der Waals surface area contributed by atoms with Crippen molar-refractivity contribution in [3.63, 3.8) is 0 Å². The third-order valence-corrected chi connectivity index (χ3v) is 2.58. The standard InChI is InChI=1S/C12H26N2O3/c1-9(8-12(3,4)17-5)14-11(16)13-7-6-10(2)15/h9-10,15H,6-8H2,1-5H3,(H2,13,14,16). The summed E-state index contributed by atoms with van der Waals surface area (Å²) in [6, 6.07) is -0.165. The summed E-state index contributed by atoms with van der Waals surface area (Å²) in [7, 11) is 1.66. The molecule has 0 rings (SSSR count). The Hall–Kier alpha value is -0.810. The Morgan fingerprint density at radius 3 is 2.47 bits per heavy atom. The molecule has 5 heteroatoms. The molecule has 0 aliphatic rings. The Labute approximate surface area is 104 Å². The van der Waals surface area contributed by atoms with Gasteiger partial charge in [-0.25, -0.2) is 4.79 Å². The Balaban J connectivity index is 3.80. The highest BCUT2D eigenvalue weighted by atomic mass is 16.5. The molecular weight excluding hydrogens is 220 g/mol. The van der Waals surface area contributed by atoms with Crippen LogP contribution < -0.4 is 10.6 Å². The lowest BCUT2D eigenvalue weighted by molar-refractivity contribution is 0.00951. The minimum Gasteiger partial charge on any atom is -0.393 e. The minimum absolute atomic E-state index is 0.0384. The lowest BCUT2D eigenvalue weighted by Gasteiger charge is -2.27. The van der Waals surface area contributed by atoms with E-state index >= 15 is 0 Å². The molecule has 0 fully saturated rings. The Morgan fingerprint density at radius 1 is 1.41 bits per heavy atom. The van der Waals surface area contributed by atoms with Crippen molar-refractivity contribution >= 4 is 6.03 Å². The number of rotatable bonds is 7. The average molecular weight is 246 g/mol. The van der Waals surface area contributed by atoms with Crippen LogP contribution in [-0.2, 0) is 4.74 Å². The van der Waals surface area contributed by atoms with Gasteiger partial charge in [-0.15, -0.1) is 0 Å². The van der Waals surface area contributed by atoms with Crippen molar-refractivity contribution in [1.82, 2.24) is 10.6 Å². The van der Waals surface area contributed by atoms with E-state index < -0.39 is 0 Å². The first-order valence-corrected chi connectivity index (χ1v) is 6.04. The molecule has 3 N–H and O–H groups in total. The maximum Gasteiger partial charge on any atom is 0.314 e. The van der Waals surface area contributed by atoms with E-state index in [4.69, 9.17) is 9.84 Å². The monoisotopic (exact) mass is 246 g/mol. The van der Waals surface area contributed by atoms with Gasteiger partial charge in [0.1, 0.15) is 0 Å². The van der Waals surface area contributed by atoms with E-state index in [2.05, 4.69) is 10.6 Å². The van der Waals surface area contributed by atoms with Gasteiger partial charge >= 0.3 is 6.03 Å². The number of carbonyl (C=O) groups excluding carboxylic acids is 1. The molecule has 2 unspecified atom stereocenters. The first-order chi connectivity index (χ1) is 7.76. The van der Waals surface area contributed by atoms with E-state index in [0.717, 1.165) is 6.42 Å². The summed E-state index contributed by atoms with van der Waals surface area (Å²) in [5.41, 5.74) is -0.244. The number of methoxy groups -OCH3 is 1. The quantitative estimate of drug-likeness (QED) is 0.633. The zero-order valence-electron chi connectivity index (χ0n) is 11.5. The lowest BCUT2D eigenvalue weighted by Crippen LogP contribution is -2.44. The average Bonchev–Trinajstić information content (AvgIpc) is 2.15. The fourth-order valence-corrected chi connectivity index (χ4v) is 1.54. The molecule has 0 aliphatic carbocycles. The fourth-order valence-electron chi connectivity index (χ4n) is 1.54. The van der Waals surface area contributed by atoms with Crippen LogP contribution in [0.3, 0.4) is 0 Å². The molecule has 5 nitrogen and oxygen atoms in total. The summed E-state index contributed by atoms with van der Waals surface area (Å²) in [5, 5.41) is 14.6. The molecule has 0 radical (unpaired) electrons. The maximum absolute atomic E-state index is 11.5. The highest BCUT2D eigenvalue weighted by Crippen LogP contribution is 2.15. The van der Waals surface area contributed by atoms with E-state index in [1.807, 2.05) is 20.8 Å². The van der Waals surface area contributed by atoms with Gasteiger partial charge in [0.05, 0.1) is 11.7 Å². The molecule has 2 atom stereocenters. The van der Waals surface area contributed by atoms with Crippen LogP contribution in [-0.4, -0.2) is 42.5 Å². The van der Waals surface area contributed by atoms with Crippen molar-refractivity contribution in [2.24, 2.45) is 0 Å². The van der Waals surface area contributed by atoms with Gasteiger partial charge in [-0.2, -0.15) is 0 Å². The van der Waals surface area contributed by atoms with Crippen LogP contribution >= 0.6 is 0 Å². The van der Waals surface area contributed by atoms with Gasteiger partial charge in [-0.05, 0) is 40.5 Å². The summed E-state index contributed by atoms with van der Waals surface area (Å²) in [6.45, 7) is 8.08. The van der Waals surface area contributed by atoms with Crippen LogP contribution in [0.25, 0.3) is 0 Å². The number of aliphatic hydroxyl groups excluding tert-OH is 1. The van der Waals surface area contributed by atoms with Crippen molar-refractivity contribution in [2.45, 2.75) is 58.3 Å². The summed E-state index contributed by atoms with van der Waals surface area (Å²) in [5.74, 6) is 0. The van der Waals surface area contributed by atoms with Crippen LogP contribution in [0.4, 0.5) is 4.79 Å². The van der Waals surface area contributed by atoms with Gasteiger partial charge < -0.3 is 20.5 Å². The van der Waals surface area contributed by atoms with Crippen molar-refractivity contribution in [3.8, 4) is 0 Å². The number of ether oxygens (including phenoxy) is 1. The van der Waals surface area contributed by atoms with E-state index in [1.165, 1.54) is 0 Å². The number of urea groups is 1. The zero-order valence-corrected chi connectivity index (χ0v) is 11.5. The number of amides is 2. The summed E-state index contributed by atoms with van der Waals surface area (Å²) in [4.78, 5) is 11.5. The molecule has 102 valence electrons. The molecule has 0 aromatic carbocycles. The smallest absolute Gasteiger partial charge is 0.314 e. The van der Waals surface area contributed by atoms with Gasteiger partial charge in [0, 0.05) is 19.7 Å². The number of hydrogen-bond acceptors (Lipinski definition) is 3. The predicted molar refractivity (Wildman–Crippen MR) is 68.0 cm³/mol. The molecule has 2 amide bonds. The van der Waals surface area contributed by atoms with Crippen molar-refractivity contribution in [1.29, 1.82) is 0 Å². The first-order valence-electron chi connectivity index (χ1n) is 6.04. The molecule has 0 saturated carbocycles. The molecular formula is C12H26N2O3. The molecule has 0 aliphatic heterocycles. The SMILES string of the molecule is COC(C)(C)CC(C)NC(=O)NCCC(C)O. The Kier molecular flexibility index (Phi) is 7.15. The highest BCUT2D eigenvalue weighted by molar-refractivity contribution is 5.74. The molecule has 0 saturated heterocycles. The third-order valence-electron chi connectivity index (χ3n) is 2.58. The van der Waals surface area contributed by atoms with Gasteiger partial charge in [-0.3, -0.25) is 0 Å². The first kappa shape index (κ1) is 16.2. The minimum atomic E-state index is -0.389. The van der Waals surface area contributed by atoms with Gasteiger partial charge in [-0.1, -0.05) is 0 Å². The molecule has 0 bridgehead atoms. The number of hydrogen-bond donors (Lipinski definition) is 3. The molecule has 17 heavy (non-hydrogen) atoms. The van der Waals surface area contributed by atoms with E-state index in [0.29, 0.717) is 13.0 Å². The van der Waals surface area contributed by atoms with Crippen LogP contribution in [0.5, 0.6) is 0 Å². The van der Waals surface area contributed by atoms with Crippen molar-refractivity contribution in [3.05, 3.63) is 0 Å². The fraction of sp³-hybridized carbons (Fsp3) is 0.917. The topological polar surface area (TPSA) is 70.6 Å². The van der Waals surface area contributed by atoms with Crippen LogP contribution in [0.2, 0.25) is 0 Å². The summed E-state index contributed by atoms with van der Waals surface area (Å²) >= 11 is 0. The Bertz CT molecular complexity index is 230. The third kappa shape index (κ3) is 8.94. The second-order valence-corrected chi connectivity index (χ2v) is 5.11. The van der Waals surface area contributed by atoms with Crippen LogP contribution in [0.15, 0.2) is 0 Å². The number of nitrogens with one attached hydrogen (secondary N) is 2. The summed E-state index contributed by atoms with van der Waals surface area (Å²) in [6.07, 6.45) is 0.916. The second kappa shape index (κ2) is 7.50. The van der Waals surface area contributed by atoms with Crippen molar-refractivity contribution < 1.29 is 14.6 Å².